The Hall–Kier alpha value is -1.91. The molecule has 2 heterocycles. The second-order valence-corrected chi connectivity index (χ2v) is 8.14. The van der Waals surface area contributed by atoms with Crippen LogP contribution in [-0.2, 0) is 17.9 Å². The van der Waals surface area contributed by atoms with Crippen LogP contribution >= 0.6 is 11.6 Å². The van der Waals surface area contributed by atoms with Gasteiger partial charge in [-0.15, -0.1) is 0 Å². The van der Waals surface area contributed by atoms with Crippen LogP contribution in [0.3, 0.4) is 0 Å². The van der Waals surface area contributed by atoms with E-state index in [1.807, 2.05) is 29.2 Å². The van der Waals surface area contributed by atoms with Crippen LogP contribution < -0.4 is 0 Å². The summed E-state index contributed by atoms with van der Waals surface area (Å²) in [5, 5.41) is 0.762. The first kappa shape index (κ1) is 18.5. The number of hydrogen-bond donors (Lipinski definition) is 0. The van der Waals surface area contributed by atoms with Gasteiger partial charge in [-0.25, -0.2) is 4.39 Å². The van der Waals surface area contributed by atoms with Gasteiger partial charge in [-0.3, -0.25) is 9.69 Å². The lowest BCUT2D eigenvalue weighted by atomic mass is 9.84. The number of carbonyl (C=O) groups is 1. The molecule has 0 atom stereocenters. The molecule has 2 aromatic carbocycles. The van der Waals surface area contributed by atoms with E-state index >= 15 is 0 Å². The molecule has 0 saturated carbocycles. The lowest BCUT2D eigenvalue weighted by Gasteiger charge is -2.45. The summed E-state index contributed by atoms with van der Waals surface area (Å²) in [6.45, 7) is 3.12. The third-order valence-electron chi connectivity index (χ3n) is 6.05. The largest absolute Gasteiger partial charge is 0.332 e. The third-order valence-corrected chi connectivity index (χ3v) is 6.28. The summed E-state index contributed by atoms with van der Waals surface area (Å²) in [6, 6.07) is 14.7. The van der Waals surface area contributed by atoms with Crippen molar-refractivity contribution in [3.8, 4) is 0 Å². The highest BCUT2D eigenvalue weighted by Gasteiger charge is 2.46. The van der Waals surface area contributed by atoms with Crippen molar-refractivity contribution in [1.82, 2.24) is 9.80 Å². The van der Waals surface area contributed by atoms with Gasteiger partial charge in [0.1, 0.15) is 5.82 Å². The number of likely N-dealkylation sites (tertiary alicyclic amines) is 2. The highest BCUT2D eigenvalue weighted by Crippen LogP contribution is 2.40. The molecule has 2 aliphatic heterocycles. The van der Waals surface area contributed by atoms with E-state index in [-0.39, 0.29) is 17.3 Å². The number of benzene rings is 2. The van der Waals surface area contributed by atoms with Gasteiger partial charge >= 0.3 is 0 Å². The summed E-state index contributed by atoms with van der Waals surface area (Å²) in [4.78, 5) is 16.9. The Bertz CT molecular complexity index is 833. The fourth-order valence-electron chi connectivity index (χ4n) is 4.47. The van der Waals surface area contributed by atoms with Gasteiger partial charge in [0.15, 0.2) is 0 Å². The molecule has 1 spiro atoms. The molecule has 0 aromatic heterocycles. The first-order valence-corrected chi connectivity index (χ1v) is 9.94. The zero-order valence-corrected chi connectivity index (χ0v) is 16.1. The van der Waals surface area contributed by atoms with Crippen LogP contribution in [0.25, 0.3) is 0 Å². The lowest BCUT2D eigenvalue weighted by Crippen LogP contribution is -2.52. The maximum Gasteiger partial charge on any atom is 0.223 e. The Labute approximate surface area is 164 Å². The maximum absolute atomic E-state index is 14.1. The highest BCUT2D eigenvalue weighted by atomic mass is 35.5. The second kappa shape index (κ2) is 7.61. The van der Waals surface area contributed by atoms with Crippen molar-refractivity contribution in [1.29, 1.82) is 0 Å². The van der Waals surface area contributed by atoms with Crippen molar-refractivity contribution in [3.05, 3.63) is 70.5 Å². The summed E-state index contributed by atoms with van der Waals surface area (Å²) in [7, 11) is 0. The molecule has 3 nitrogen and oxygen atoms in total. The number of halogens is 2. The standard InChI is InChI=1S/C22H24ClFN2O/c23-19-6-3-4-17(14-19)15-25-12-10-22(11-13-25)9-8-21(27)26(22)16-18-5-1-2-7-20(18)24/h1-7,14H,8-13,15-16H2. The minimum Gasteiger partial charge on any atom is -0.332 e. The van der Waals surface area contributed by atoms with Crippen molar-refractivity contribution in [2.75, 3.05) is 13.1 Å². The van der Waals surface area contributed by atoms with Gasteiger partial charge in [0.2, 0.25) is 5.91 Å². The number of rotatable bonds is 4. The molecule has 27 heavy (non-hydrogen) atoms. The Kier molecular flexibility index (Phi) is 5.20. The topological polar surface area (TPSA) is 23.6 Å². The minimum atomic E-state index is -0.231. The Balaban J connectivity index is 1.44. The van der Waals surface area contributed by atoms with Gasteiger partial charge in [-0.05, 0) is 43.0 Å². The normalized spacial score (nSPS) is 19.8. The molecule has 0 aliphatic carbocycles. The SMILES string of the molecule is O=C1CCC2(CCN(Cc3cccc(Cl)c3)CC2)N1Cc1ccccc1F. The van der Waals surface area contributed by atoms with E-state index in [2.05, 4.69) is 11.0 Å². The van der Waals surface area contributed by atoms with Crippen LogP contribution in [0.4, 0.5) is 4.39 Å². The van der Waals surface area contributed by atoms with E-state index in [4.69, 9.17) is 11.6 Å². The van der Waals surface area contributed by atoms with Crippen LogP contribution in [0.15, 0.2) is 48.5 Å². The molecule has 142 valence electrons. The Morgan fingerprint density at radius 1 is 1.00 bits per heavy atom. The van der Waals surface area contributed by atoms with Gasteiger partial charge in [-0.1, -0.05) is 41.9 Å². The maximum atomic E-state index is 14.1. The predicted octanol–water partition coefficient (Wildman–Crippen LogP) is 4.64. The molecule has 1 amide bonds. The Morgan fingerprint density at radius 2 is 1.78 bits per heavy atom. The molecule has 0 radical (unpaired) electrons. The molecule has 2 fully saturated rings. The van der Waals surface area contributed by atoms with Crippen molar-refractivity contribution in [2.24, 2.45) is 0 Å². The third kappa shape index (κ3) is 3.87. The smallest absolute Gasteiger partial charge is 0.223 e. The van der Waals surface area contributed by atoms with Crippen molar-refractivity contribution >= 4 is 17.5 Å². The molecular weight excluding hydrogens is 363 g/mol. The van der Waals surface area contributed by atoms with Gasteiger partial charge in [0.25, 0.3) is 0 Å². The zero-order chi connectivity index (χ0) is 18.9. The quantitative estimate of drug-likeness (QED) is 0.764. The summed E-state index contributed by atoms with van der Waals surface area (Å²) in [5.41, 5.74) is 1.70. The average Bonchev–Trinajstić information content (AvgIpc) is 2.95. The number of amides is 1. The molecule has 5 heteroatoms. The summed E-state index contributed by atoms with van der Waals surface area (Å²) >= 11 is 6.09. The first-order chi connectivity index (χ1) is 13.1. The molecule has 4 rings (SSSR count). The summed E-state index contributed by atoms with van der Waals surface area (Å²) < 4.78 is 14.1. The van der Waals surface area contributed by atoms with Gasteiger partial charge in [0.05, 0.1) is 0 Å². The molecular formula is C22H24ClFN2O. The van der Waals surface area contributed by atoms with Crippen molar-refractivity contribution in [3.63, 3.8) is 0 Å². The summed E-state index contributed by atoms with van der Waals surface area (Å²) in [5.74, 6) is -0.0766. The molecule has 0 bridgehead atoms. The van der Waals surface area contributed by atoms with Crippen molar-refractivity contribution < 1.29 is 9.18 Å². The Morgan fingerprint density at radius 3 is 2.52 bits per heavy atom. The van der Waals surface area contributed by atoms with Crippen LogP contribution in [0.5, 0.6) is 0 Å². The molecule has 0 unspecified atom stereocenters. The molecule has 0 N–H and O–H groups in total. The summed E-state index contributed by atoms with van der Waals surface area (Å²) in [6.07, 6.45) is 3.33. The predicted molar refractivity (Wildman–Crippen MR) is 105 cm³/mol. The van der Waals surface area contributed by atoms with E-state index in [0.717, 1.165) is 43.9 Å². The van der Waals surface area contributed by atoms with Crippen LogP contribution in [0.2, 0.25) is 5.02 Å². The highest BCUT2D eigenvalue weighted by molar-refractivity contribution is 6.30. The minimum absolute atomic E-state index is 0.121. The van der Waals surface area contributed by atoms with E-state index in [0.29, 0.717) is 18.5 Å². The van der Waals surface area contributed by atoms with E-state index < -0.39 is 0 Å². The van der Waals surface area contributed by atoms with E-state index in [1.165, 1.54) is 11.6 Å². The van der Waals surface area contributed by atoms with Gasteiger partial charge in [0, 0.05) is 48.7 Å². The lowest BCUT2D eigenvalue weighted by molar-refractivity contribution is -0.133. The van der Waals surface area contributed by atoms with Gasteiger partial charge < -0.3 is 4.90 Å². The molecule has 2 saturated heterocycles. The zero-order valence-electron chi connectivity index (χ0n) is 15.3. The molecule has 2 aliphatic rings. The molecule has 2 aromatic rings. The van der Waals surface area contributed by atoms with Crippen molar-refractivity contribution in [2.45, 2.75) is 44.3 Å². The van der Waals surface area contributed by atoms with Crippen LogP contribution in [0, 0.1) is 5.82 Å². The van der Waals surface area contributed by atoms with E-state index in [1.54, 1.807) is 12.1 Å². The first-order valence-electron chi connectivity index (χ1n) is 9.56. The fraction of sp³-hybridized carbons (Fsp3) is 0.409. The van der Waals surface area contributed by atoms with Crippen LogP contribution in [-0.4, -0.2) is 34.3 Å². The second-order valence-electron chi connectivity index (χ2n) is 7.70. The number of nitrogens with zero attached hydrogens (tertiary/aromatic N) is 2. The average molecular weight is 387 g/mol. The number of hydrogen-bond acceptors (Lipinski definition) is 2. The monoisotopic (exact) mass is 386 g/mol. The number of carbonyl (C=O) groups excluding carboxylic acids is 1. The van der Waals surface area contributed by atoms with Gasteiger partial charge in [-0.2, -0.15) is 0 Å². The number of piperidine rings is 1. The van der Waals surface area contributed by atoms with Crippen LogP contribution in [0.1, 0.15) is 36.8 Å². The van der Waals surface area contributed by atoms with E-state index in [9.17, 15) is 9.18 Å². The fourth-order valence-corrected chi connectivity index (χ4v) is 4.68.